The average molecular weight is 450 g/mol. The first kappa shape index (κ1) is 20.4. The molecule has 2 aromatic carbocycles. The van der Waals surface area contributed by atoms with Crippen LogP contribution in [0.2, 0.25) is 0 Å². The molecule has 1 aliphatic rings. The third kappa shape index (κ3) is 6.12. The molecular formula is C20H21BrFN3O3. The number of halogens is 2. The van der Waals surface area contributed by atoms with E-state index in [4.69, 9.17) is 4.74 Å². The van der Waals surface area contributed by atoms with Crippen molar-refractivity contribution in [1.29, 1.82) is 0 Å². The highest BCUT2D eigenvalue weighted by molar-refractivity contribution is 9.10. The van der Waals surface area contributed by atoms with E-state index >= 15 is 0 Å². The van der Waals surface area contributed by atoms with Gasteiger partial charge in [-0.15, -0.1) is 0 Å². The van der Waals surface area contributed by atoms with E-state index in [1.807, 2.05) is 4.90 Å². The predicted octanol–water partition coefficient (Wildman–Crippen LogP) is 3.04. The zero-order chi connectivity index (χ0) is 19.9. The molecule has 2 aromatic rings. The molecule has 28 heavy (non-hydrogen) atoms. The van der Waals surface area contributed by atoms with Crippen LogP contribution in [0, 0.1) is 5.82 Å². The fourth-order valence-electron chi connectivity index (χ4n) is 2.84. The number of amides is 2. The van der Waals surface area contributed by atoms with E-state index in [2.05, 4.69) is 26.6 Å². The second kappa shape index (κ2) is 9.77. The summed E-state index contributed by atoms with van der Waals surface area (Å²) in [5.74, 6) is -0.654. The van der Waals surface area contributed by atoms with Crippen LogP contribution < -0.4 is 10.6 Å². The summed E-state index contributed by atoms with van der Waals surface area (Å²) in [6.07, 6.45) is 0.136. The summed E-state index contributed by atoms with van der Waals surface area (Å²) < 4.78 is 18.9. The SMILES string of the molecule is O=C(Cc1ccc(F)c(Br)c1)Nc1ccc(NC(=O)CN2CCOCC2)cc1. The van der Waals surface area contributed by atoms with Gasteiger partial charge in [-0.2, -0.15) is 0 Å². The molecule has 0 unspecified atom stereocenters. The lowest BCUT2D eigenvalue weighted by Gasteiger charge is -2.25. The molecule has 1 aliphatic heterocycles. The van der Waals surface area contributed by atoms with E-state index in [1.165, 1.54) is 6.07 Å². The summed E-state index contributed by atoms with van der Waals surface area (Å²) in [6, 6.07) is 11.4. The molecule has 1 saturated heterocycles. The molecule has 0 bridgehead atoms. The van der Waals surface area contributed by atoms with Crippen molar-refractivity contribution in [3.8, 4) is 0 Å². The minimum Gasteiger partial charge on any atom is -0.379 e. The number of nitrogens with one attached hydrogen (secondary N) is 2. The molecule has 0 saturated carbocycles. The van der Waals surface area contributed by atoms with Crippen LogP contribution in [0.15, 0.2) is 46.9 Å². The molecule has 2 amide bonds. The molecule has 2 N–H and O–H groups in total. The van der Waals surface area contributed by atoms with E-state index in [9.17, 15) is 14.0 Å². The summed E-state index contributed by atoms with van der Waals surface area (Å²) in [7, 11) is 0. The smallest absolute Gasteiger partial charge is 0.238 e. The largest absolute Gasteiger partial charge is 0.379 e. The minimum atomic E-state index is -0.365. The van der Waals surface area contributed by atoms with Gasteiger partial charge in [0, 0.05) is 24.5 Å². The van der Waals surface area contributed by atoms with Crippen molar-refractivity contribution in [3.63, 3.8) is 0 Å². The number of ether oxygens (including phenoxy) is 1. The van der Waals surface area contributed by atoms with Crippen LogP contribution in [0.25, 0.3) is 0 Å². The molecule has 1 fully saturated rings. The van der Waals surface area contributed by atoms with Crippen LogP contribution >= 0.6 is 15.9 Å². The summed E-state index contributed by atoms with van der Waals surface area (Å²) in [6.45, 7) is 3.13. The standard InChI is InChI=1S/C20H21BrFN3O3/c21-17-11-14(1-6-18(17)22)12-19(26)23-15-2-4-16(5-3-15)24-20(27)13-25-7-9-28-10-8-25/h1-6,11H,7-10,12-13H2,(H,23,26)(H,24,27). The maximum Gasteiger partial charge on any atom is 0.238 e. The van der Waals surface area contributed by atoms with Crippen LogP contribution in [0.1, 0.15) is 5.56 Å². The molecule has 1 heterocycles. The highest BCUT2D eigenvalue weighted by Crippen LogP contribution is 2.18. The number of carbonyl (C=O) groups excluding carboxylic acids is 2. The molecule has 6 nitrogen and oxygen atoms in total. The van der Waals surface area contributed by atoms with E-state index in [0.717, 1.165) is 13.1 Å². The maximum absolute atomic E-state index is 13.3. The first-order valence-electron chi connectivity index (χ1n) is 8.93. The first-order valence-corrected chi connectivity index (χ1v) is 9.73. The lowest BCUT2D eigenvalue weighted by Crippen LogP contribution is -2.41. The Kier molecular flexibility index (Phi) is 7.13. The van der Waals surface area contributed by atoms with Gasteiger partial charge in [0.25, 0.3) is 0 Å². The van der Waals surface area contributed by atoms with Gasteiger partial charge in [0.05, 0.1) is 30.7 Å². The zero-order valence-electron chi connectivity index (χ0n) is 15.2. The summed E-state index contributed by atoms with van der Waals surface area (Å²) >= 11 is 3.11. The lowest BCUT2D eigenvalue weighted by atomic mass is 10.1. The Morgan fingerprint density at radius 1 is 1.00 bits per heavy atom. The topological polar surface area (TPSA) is 70.7 Å². The molecule has 0 aliphatic carbocycles. The van der Waals surface area contributed by atoms with E-state index in [1.54, 1.807) is 36.4 Å². The van der Waals surface area contributed by atoms with Crippen LogP contribution in [-0.2, 0) is 20.7 Å². The number of rotatable bonds is 6. The van der Waals surface area contributed by atoms with Crippen LogP contribution in [-0.4, -0.2) is 49.6 Å². The second-order valence-corrected chi connectivity index (χ2v) is 7.34. The Balaban J connectivity index is 1.48. The van der Waals surface area contributed by atoms with Gasteiger partial charge >= 0.3 is 0 Å². The lowest BCUT2D eigenvalue weighted by molar-refractivity contribution is -0.118. The van der Waals surface area contributed by atoms with Gasteiger partial charge in [-0.3, -0.25) is 14.5 Å². The highest BCUT2D eigenvalue weighted by Gasteiger charge is 2.14. The number of hydrogen-bond donors (Lipinski definition) is 2. The van der Waals surface area contributed by atoms with Crippen LogP contribution in [0.5, 0.6) is 0 Å². The molecule has 0 aromatic heterocycles. The van der Waals surface area contributed by atoms with Crippen molar-refractivity contribution in [1.82, 2.24) is 4.90 Å². The Labute approximate surface area is 171 Å². The van der Waals surface area contributed by atoms with Gasteiger partial charge in [-0.05, 0) is 57.9 Å². The fraction of sp³-hybridized carbons (Fsp3) is 0.300. The Bertz CT molecular complexity index is 839. The Morgan fingerprint density at radius 2 is 1.61 bits per heavy atom. The number of benzene rings is 2. The third-order valence-electron chi connectivity index (χ3n) is 4.27. The van der Waals surface area contributed by atoms with Gasteiger partial charge in [-0.1, -0.05) is 6.07 Å². The van der Waals surface area contributed by atoms with Gasteiger partial charge in [0.2, 0.25) is 11.8 Å². The molecular weight excluding hydrogens is 429 g/mol. The molecule has 148 valence electrons. The quantitative estimate of drug-likeness (QED) is 0.710. The number of nitrogens with zero attached hydrogens (tertiary/aromatic N) is 1. The van der Waals surface area contributed by atoms with Crippen LogP contribution in [0.4, 0.5) is 15.8 Å². The maximum atomic E-state index is 13.3. The van der Waals surface area contributed by atoms with Crippen molar-refractivity contribution >= 4 is 39.1 Å². The summed E-state index contributed by atoms with van der Waals surface area (Å²) in [5.41, 5.74) is 1.99. The van der Waals surface area contributed by atoms with E-state index in [-0.39, 0.29) is 24.1 Å². The number of anilines is 2. The number of hydrogen-bond acceptors (Lipinski definition) is 4. The Hall–Kier alpha value is -2.29. The van der Waals surface area contributed by atoms with Crippen molar-refractivity contribution in [2.45, 2.75) is 6.42 Å². The summed E-state index contributed by atoms with van der Waals surface area (Å²) in [5, 5.41) is 5.63. The molecule has 0 radical (unpaired) electrons. The average Bonchev–Trinajstić information content (AvgIpc) is 2.67. The van der Waals surface area contributed by atoms with Gasteiger partial charge in [-0.25, -0.2) is 4.39 Å². The van der Waals surface area contributed by atoms with Gasteiger partial charge in [0.15, 0.2) is 0 Å². The van der Waals surface area contributed by atoms with Crippen molar-refractivity contribution in [3.05, 3.63) is 58.3 Å². The third-order valence-corrected chi connectivity index (χ3v) is 4.88. The summed E-state index contributed by atoms with van der Waals surface area (Å²) in [4.78, 5) is 26.3. The van der Waals surface area contributed by atoms with Crippen molar-refractivity contribution < 1.29 is 18.7 Å². The van der Waals surface area contributed by atoms with Crippen molar-refractivity contribution in [2.24, 2.45) is 0 Å². The number of morpholine rings is 1. The number of carbonyl (C=O) groups is 2. The van der Waals surface area contributed by atoms with Gasteiger partial charge < -0.3 is 15.4 Å². The van der Waals surface area contributed by atoms with E-state index < -0.39 is 0 Å². The fourth-order valence-corrected chi connectivity index (χ4v) is 3.27. The van der Waals surface area contributed by atoms with E-state index in [0.29, 0.717) is 41.2 Å². The molecule has 0 spiro atoms. The minimum absolute atomic E-state index is 0.0828. The zero-order valence-corrected chi connectivity index (χ0v) is 16.8. The van der Waals surface area contributed by atoms with Crippen LogP contribution in [0.3, 0.4) is 0 Å². The van der Waals surface area contributed by atoms with Gasteiger partial charge in [0.1, 0.15) is 5.82 Å². The monoisotopic (exact) mass is 449 g/mol. The second-order valence-electron chi connectivity index (χ2n) is 6.49. The predicted molar refractivity (Wildman–Crippen MR) is 109 cm³/mol. The Morgan fingerprint density at radius 3 is 2.21 bits per heavy atom. The first-order chi connectivity index (χ1) is 13.5. The molecule has 8 heteroatoms. The molecule has 3 rings (SSSR count). The highest BCUT2D eigenvalue weighted by atomic mass is 79.9. The normalized spacial score (nSPS) is 14.5. The van der Waals surface area contributed by atoms with Crippen molar-refractivity contribution in [2.75, 3.05) is 43.5 Å². The molecule has 0 atom stereocenters.